The van der Waals surface area contributed by atoms with Crippen molar-refractivity contribution in [1.82, 2.24) is 29.6 Å². The quantitative estimate of drug-likeness (QED) is 0.562. The Labute approximate surface area is 210 Å². The number of rotatable bonds is 3. The van der Waals surface area contributed by atoms with Crippen LogP contribution in [-0.2, 0) is 13.1 Å². The van der Waals surface area contributed by atoms with Gasteiger partial charge in [-0.25, -0.2) is 9.97 Å². The van der Waals surface area contributed by atoms with Crippen LogP contribution in [0.5, 0.6) is 0 Å². The van der Waals surface area contributed by atoms with E-state index in [0.717, 1.165) is 43.0 Å². The zero-order valence-electron chi connectivity index (χ0n) is 19.4. The normalized spacial score (nSPS) is 25.1. The Morgan fingerprint density at radius 1 is 1.03 bits per heavy atom. The molecule has 12 heteroatoms. The molecule has 36 heavy (non-hydrogen) atoms. The smallest absolute Gasteiger partial charge is 0.380 e. The SMILES string of the molecule is OC1(C(F)(F)F)CC(N2Cc3cc(Cl)ccc3-n3c(nnc3C3CCN(c4ncccn4)CC3)C2)C1. The maximum atomic E-state index is 13.3. The minimum absolute atomic E-state index is 0.167. The van der Waals surface area contributed by atoms with Crippen LogP contribution in [0.25, 0.3) is 5.69 Å². The molecule has 1 aliphatic carbocycles. The van der Waals surface area contributed by atoms with Crippen LogP contribution in [0.4, 0.5) is 19.1 Å². The Hall–Kier alpha value is -2.76. The van der Waals surface area contributed by atoms with Crippen LogP contribution >= 0.6 is 11.6 Å². The number of aromatic nitrogens is 5. The minimum atomic E-state index is -4.64. The first-order valence-electron chi connectivity index (χ1n) is 12.0. The lowest BCUT2D eigenvalue weighted by Gasteiger charge is -2.48. The molecule has 1 N–H and O–H groups in total. The topological polar surface area (TPSA) is 83.2 Å². The van der Waals surface area contributed by atoms with E-state index in [-0.39, 0.29) is 18.8 Å². The third kappa shape index (κ3) is 4.03. The molecule has 0 atom stereocenters. The van der Waals surface area contributed by atoms with Gasteiger partial charge in [0.1, 0.15) is 5.82 Å². The summed E-state index contributed by atoms with van der Waals surface area (Å²) in [5, 5.41) is 19.6. The molecule has 0 spiro atoms. The molecule has 6 rings (SSSR count). The van der Waals surface area contributed by atoms with Crippen LogP contribution in [0.3, 0.4) is 0 Å². The minimum Gasteiger partial charge on any atom is -0.380 e. The lowest BCUT2D eigenvalue weighted by Crippen LogP contribution is -2.61. The highest BCUT2D eigenvalue weighted by Crippen LogP contribution is 2.48. The zero-order valence-corrected chi connectivity index (χ0v) is 20.1. The van der Waals surface area contributed by atoms with Crippen molar-refractivity contribution in [3.05, 3.63) is 58.9 Å². The molecule has 0 radical (unpaired) electrons. The standard InChI is InChI=1S/C24H25ClF3N7O/c25-17-2-3-19-16(10-17)13-34(18-11-23(36,12-18)24(26,27)28)14-20-31-32-21(35(19)20)15-4-8-33(9-5-15)22-29-6-1-7-30-22/h1-3,6-7,10,15,18,36H,4-5,8-9,11-14H2. The first-order chi connectivity index (χ1) is 17.2. The maximum absolute atomic E-state index is 13.3. The highest BCUT2D eigenvalue weighted by molar-refractivity contribution is 6.30. The van der Waals surface area contributed by atoms with Crippen molar-refractivity contribution in [2.75, 3.05) is 18.0 Å². The number of hydrogen-bond donors (Lipinski definition) is 1. The summed E-state index contributed by atoms with van der Waals surface area (Å²) in [6.45, 7) is 2.33. The van der Waals surface area contributed by atoms with Crippen molar-refractivity contribution < 1.29 is 18.3 Å². The summed E-state index contributed by atoms with van der Waals surface area (Å²) < 4.78 is 41.8. The van der Waals surface area contributed by atoms with Crippen molar-refractivity contribution in [2.24, 2.45) is 0 Å². The number of anilines is 1. The van der Waals surface area contributed by atoms with Gasteiger partial charge in [-0.05, 0) is 42.7 Å². The average Bonchev–Trinajstić information content (AvgIpc) is 3.18. The Morgan fingerprint density at radius 2 is 1.75 bits per heavy atom. The van der Waals surface area contributed by atoms with Gasteiger partial charge in [-0.1, -0.05) is 11.6 Å². The van der Waals surface area contributed by atoms with Crippen molar-refractivity contribution in [3.63, 3.8) is 0 Å². The first kappa shape index (κ1) is 23.6. The number of aliphatic hydroxyl groups is 1. The zero-order chi connectivity index (χ0) is 25.1. The summed E-state index contributed by atoms with van der Waals surface area (Å²) in [4.78, 5) is 12.8. The second kappa shape index (κ2) is 8.67. The molecule has 0 bridgehead atoms. The van der Waals surface area contributed by atoms with Gasteiger partial charge in [0.15, 0.2) is 11.4 Å². The van der Waals surface area contributed by atoms with Crippen LogP contribution in [0, 0.1) is 0 Å². The Bertz CT molecular complexity index is 1250. The van der Waals surface area contributed by atoms with Crippen LogP contribution in [0.1, 0.15) is 48.8 Å². The van der Waals surface area contributed by atoms with Crippen molar-refractivity contribution in [2.45, 2.75) is 62.5 Å². The fraction of sp³-hybridized carbons (Fsp3) is 0.500. The highest BCUT2D eigenvalue weighted by atomic mass is 35.5. The van der Waals surface area contributed by atoms with Gasteiger partial charge in [-0.2, -0.15) is 13.2 Å². The predicted molar refractivity (Wildman–Crippen MR) is 126 cm³/mol. The van der Waals surface area contributed by atoms with E-state index in [2.05, 4.69) is 29.6 Å². The summed E-state index contributed by atoms with van der Waals surface area (Å²) in [6.07, 6.45) is -0.171. The Morgan fingerprint density at radius 3 is 2.44 bits per heavy atom. The lowest BCUT2D eigenvalue weighted by molar-refractivity contribution is -0.300. The summed E-state index contributed by atoms with van der Waals surface area (Å²) in [5.74, 6) is 2.41. The van der Waals surface area contributed by atoms with Crippen molar-refractivity contribution >= 4 is 17.5 Å². The van der Waals surface area contributed by atoms with Gasteiger partial charge >= 0.3 is 6.18 Å². The summed E-state index contributed by atoms with van der Waals surface area (Å²) in [5.41, 5.74) is -0.827. The monoisotopic (exact) mass is 519 g/mol. The largest absolute Gasteiger partial charge is 0.417 e. The molecule has 3 aromatic rings. The number of piperidine rings is 1. The Kier molecular flexibility index (Phi) is 5.69. The molecule has 8 nitrogen and oxygen atoms in total. The molecular formula is C24H25ClF3N7O. The third-order valence-electron chi connectivity index (χ3n) is 7.64. The number of halogens is 4. The highest BCUT2D eigenvalue weighted by Gasteiger charge is 2.62. The molecule has 2 aromatic heterocycles. The fourth-order valence-electron chi connectivity index (χ4n) is 5.57. The summed E-state index contributed by atoms with van der Waals surface area (Å²) in [7, 11) is 0. The van der Waals surface area contributed by atoms with Gasteiger partial charge in [0.25, 0.3) is 0 Å². The number of benzene rings is 1. The molecule has 1 aromatic carbocycles. The third-order valence-corrected chi connectivity index (χ3v) is 7.88. The van der Waals surface area contributed by atoms with Crippen LogP contribution in [0.2, 0.25) is 5.02 Å². The maximum Gasteiger partial charge on any atom is 0.417 e. The van der Waals surface area contributed by atoms with Crippen molar-refractivity contribution in [1.29, 1.82) is 0 Å². The van der Waals surface area contributed by atoms with Crippen LogP contribution < -0.4 is 4.90 Å². The Balaban J connectivity index is 1.27. The van der Waals surface area contributed by atoms with Crippen LogP contribution in [-0.4, -0.2) is 65.6 Å². The molecule has 1 saturated carbocycles. The van der Waals surface area contributed by atoms with Gasteiger partial charge < -0.3 is 10.0 Å². The van der Waals surface area contributed by atoms with E-state index in [1.54, 1.807) is 18.5 Å². The van der Waals surface area contributed by atoms with Crippen molar-refractivity contribution in [3.8, 4) is 5.69 Å². The average molecular weight is 520 g/mol. The molecule has 0 amide bonds. The van der Waals surface area contributed by atoms with E-state index in [4.69, 9.17) is 11.6 Å². The second-order valence-electron chi connectivity index (χ2n) is 9.89. The summed E-state index contributed by atoms with van der Waals surface area (Å²) in [6, 6.07) is 6.97. The summed E-state index contributed by atoms with van der Waals surface area (Å²) >= 11 is 6.31. The fourth-order valence-corrected chi connectivity index (χ4v) is 5.77. The number of nitrogens with zero attached hydrogens (tertiary/aromatic N) is 7. The number of fused-ring (bicyclic) bond motifs is 3. The predicted octanol–water partition coefficient (Wildman–Crippen LogP) is 3.87. The molecule has 1 saturated heterocycles. The van der Waals surface area contributed by atoms with E-state index in [0.29, 0.717) is 29.9 Å². The molecule has 0 unspecified atom stereocenters. The van der Waals surface area contributed by atoms with E-state index in [1.165, 1.54) is 0 Å². The number of alkyl halides is 3. The molecule has 3 aliphatic rings. The molecule has 2 aliphatic heterocycles. The molecular weight excluding hydrogens is 495 g/mol. The van der Waals surface area contributed by atoms with E-state index in [9.17, 15) is 18.3 Å². The second-order valence-corrected chi connectivity index (χ2v) is 10.3. The first-order valence-corrected chi connectivity index (χ1v) is 12.4. The molecule has 190 valence electrons. The number of hydrogen-bond acceptors (Lipinski definition) is 7. The van der Waals surface area contributed by atoms with E-state index in [1.807, 2.05) is 23.1 Å². The van der Waals surface area contributed by atoms with E-state index < -0.39 is 17.8 Å². The molecule has 4 heterocycles. The van der Waals surface area contributed by atoms with Gasteiger partial charge in [0.2, 0.25) is 5.95 Å². The van der Waals surface area contributed by atoms with Gasteiger partial charge in [-0.3, -0.25) is 9.47 Å². The van der Waals surface area contributed by atoms with Crippen LogP contribution in [0.15, 0.2) is 36.7 Å². The van der Waals surface area contributed by atoms with Gasteiger partial charge in [0.05, 0.1) is 12.2 Å². The van der Waals surface area contributed by atoms with Gasteiger partial charge in [0, 0.05) is 61.9 Å². The lowest BCUT2D eigenvalue weighted by atomic mass is 9.74. The van der Waals surface area contributed by atoms with E-state index >= 15 is 0 Å². The molecule has 2 fully saturated rings. The van der Waals surface area contributed by atoms with Gasteiger partial charge in [-0.15, -0.1) is 10.2 Å².